The molecule has 0 radical (unpaired) electrons. The second-order valence-electron chi connectivity index (χ2n) is 5.66. The number of aryl methyl sites for hydroxylation is 1. The minimum absolute atomic E-state index is 0.269. The van der Waals surface area contributed by atoms with Crippen molar-refractivity contribution in [2.75, 3.05) is 10.6 Å². The Morgan fingerprint density at radius 3 is 2.67 bits per heavy atom. The minimum Gasteiger partial charge on any atom is -0.361 e. The van der Waals surface area contributed by atoms with Gasteiger partial charge in [0.15, 0.2) is 5.82 Å². The molecule has 134 valence electrons. The number of aromatic nitrogens is 5. The summed E-state index contributed by atoms with van der Waals surface area (Å²) >= 11 is 0. The van der Waals surface area contributed by atoms with Crippen molar-refractivity contribution in [2.45, 2.75) is 6.92 Å². The van der Waals surface area contributed by atoms with Gasteiger partial charge < -0.3 is 15.2 Å². The summed E-state index contributed by atoms with van der Waals surface area (Å²) in [5.74, 6) is 1.49. The van der Waals surface area contributed by atoms with E-state index >= 15 is 0 Å². The molecule has 0 atom stereocenters. The van der Waals surface area contributed by atoms with E-state index in [-0.39, 0.29) is 5.91 Å². The van der Waals surface area contributed by atoms with E-state index in [1.165, 1.54) is 12.5 Å². The second-order valence-corrected chi connectivity index (χ2v) is 5.66. The number of carbonyl (C=O) groups is 1. The van der Waals surface area contributed by atoms with Gasteiger partial charge >= 0.3 is 0 Å². The molecule has 9 heteroatoms. The molecule has 27 heavy (non-hydrogen) atoms. The summed E-state index contributed by atoms with van der Waals surface area (Å²) in [6.07, 6.45) is 6.35. The van der Waals surface area contributed by atoms with Gasteiger partial charge in [0, 0.05) is 29.8 Å². The predicted molar refractivity (Wildman–Crippen MR) is 98.1 cm³/mol. The van der Waals surface area contributed by atoms with Gasteiger partial charge in [-0.3, -0.25) is 4.79 Å². The molecule has 1 aromatic carbocycles. The lowest BCUT2D eigenvalue weighted by Gasteiger charge is -2.09. The van der Waals surface area contributed by atoms with Gasteiger partial charge in [-0.15, -0.1) is 0 Å². The minimum atomic E-state index is -0.269. The topological polar surface area (TPSA) is 111 Å². The van der Waals surface area contributed by atoms with Crippen LogP contribution in [0.15, 0.2) is 65.8 Å². The first kappa shape index (κ1) is 16.5. The van der Waals surface area contributed by atoms with Crippen LogP contribution in [0.1, 0.15) is 16.1 Å². The third-order valence-electron chi connectivity index (χ3n) is 3.80. The van der Waals surface area contributed by atoms with Crippen LogP contribution in [0.2, 0.25) is 0 Å². The lowest BCUT2D eigenvalue weighted by Crippen LogP contribution is -2.12. The summed E-state index contributed by atoms with van der Waals surface area (Å²) in [5.41, 5.74) is 1.88. The molecule has 9 nitrogen and oxygen atoms in total. The molecule has 0 aliphatic carbocycles. The summed E-state index contributed by atoms with van der Waals surface area (Å²) in [7, 11) is 0. The molecule has 0 aliphatic heterocycles. The highest BCUT2D eigenvalue weighted by molar-refractivity contribution is 6.04. The van der Waals surface area contributed by atoms with E-state index in [4.69, 9.17) is 4.52 Å². The zero-order chi connectivity index (χ0) is 18.6. The standard InChI is InChI=1S/C18H15N7O2/c1-12-15(10-22-27-12)18(26)24-14-5-3-13(4-6-14)23-16-9-17(20-11-19-16)25-8-2-7-21-25/h2-11H,1H3,(H,24,26)(H,19,20,23). The number of hydrogen-bond donors (Lipinski definition) is 2. The molecular weight excluding hydrogens is 346 g/mol. The SMILES string of the molecule is Cc1oncc1C(=O)Nc1ccc(Nc2cc(-n3cccn3)ncn2)cc1. The van der Waals surface area contributed by atoms with Crippen molar-refractivity contribution in [3.63, 3.8) is 0 Å². The zero-order valence-electron chi connectivity index (χ0n) is 14.3. The number of carbonyl (C=O) groups excluding carboxylic acids is 1. The van der Waals surface area contributed by atoms with Crippen molar-refractivity contribution in [2.24, 2.45) is 0 Å². The number of anilines is 3. The van der Waals surface area contributed by atoms with Gasteiger partial charge in [0.05, 0.1) is 6.20 Å². The van der Waals surface area contributed by atoms with Crippen molar-refractivity contribution in [3.8, 4) is 5.82 Å². The molecular formula is C18H15N7O2. The lowest BCUT2D eigenvalue weighted by molar-refractivity contribution is 0.102. The van der Waals surface area contributed by atoms with Crippen LogP contribution in [0.5, 0.6) is 0 Å². The summed E-state index contributed by atoms with van der Waals surface area (Å²) in [4.78, 5) is 20.6. The molecule has 3 aromatic heterocycles. The van der Waals surface area contributed by atoms with E-state index in [1.807, 2.05) is 18.2 Å². The molecule has 2 N–H and O–H groups in total. The number of nitrogens with zero attached hydrogens (tertiary/aromatic N) is 5. The van der Waals surface area contributed by atoms with Crippen LogP contribution in [0.4, 0.5) is 17.2 Å². The Kier molecular flexibility index (Phi) is 4.32. The fourth-order valence-electron chi connectivity index (χ4n) is 2.44. The molecule has 0 saturated heterocycles. The Bertz CT molecular complexity index is 1060. The first-order valence-corrected chi connectivity index (χ1v) is 8.11. The third-order valence-corrected chi connectivity index (χ3v) is 3.80. The Morgan fingerprint density at radius 2 is 1.96 bits per heavy atom. The summed E-state index contributed by atoms with van der Waals surface area (Å²) in [6.45, 7) is 1.69. The van der Waals surface area contributed by atoms with Crippen LogP contribution in [-0.2, 0) is 0 Å². The first-order chi connectivity index (χ1) is 13.2. The Morgan fingerprint density at radius 1 is 1.15 bits per heavy atom. The molecule has 0 unspecified atom stereocenters. The largest absolute Gasteiger partial charge is 0.361 e. The Balaban J connectivity index is 1.45. The van der Waals surface area contributed by atoms with Gasteiger partial charge in [-0.2, -0.15) is 5.10 Å². The van der Waals surface area contributed by atoms with Gasteiger partial charge in [0.2, 0.25) is 0 Å². The number of benzene rings is 1. The van der Waals surface area contributed by atoms with E-state index in [0.29, 0.717) is 28.6 Å². The van der Waals surface area contributed by atoms with E-state index in [0.717, 1.165) is 5.69 Å². The lowest BCUT2D eigenvalue weighted by atomic mass is 10.2. The fourth-order valence-corrected chi connectivity index (χ4v) is 2.44. The number of amides is 1. The van der Waals surface area contributed by atoms with E-state index in [9.17, 15) is 4.79 Å². The van der Waals surface area contributed by atoms with Crippen LogP contribution in [0, 0.1) is 6.92 Å². The number of rotatable bonds is 5. The highest BCUT2D eigenvalue weighted by Gasteiger charge is 2.12. The maximum absolute atomic E-state index is 12.2. The summed E-state index contributed by atoms with van der Waals surface area (Å²) in [5, 5.41) is 13.7. The molecule has 0 spiro atoms. The molecule has 0 bridgehead atoms. The van der Waals surface area contributed by atoms with Gasteiger partial charge in [-0.1, -0.05) is 5.16 Å². The van der Waals surface area contributed by atoms with Gasteiger partial charge in [0.25, 0.3) is 5.91 Å². The quantitative estimate of drug-likeness (QED) is 0.562. The normalized spacial score (nSPS) is 10.6. The molecule has 0 saturated carbocycles. The fraction of sp³-hybridized carbons (Fsp3) is 0.0556. The molecule has 0 fully saturated rings. The van der Waals surface area contributed by atoms with Crippen LogP contribution < -0.4 is 10.6 Å². The molecule has 4 rings (SSSR count). The smallest absolute Gasteiger partial charge is 0.260 e. The Hall–Kier alpha value is -4.01. The Labute approximate surface area is 154 Å². The third kappa shape index (κ3) is 3.66. The zero-order valence-corrected chi connectivity index (χ0v) is 14.3. The van der Waals surface area contributed by atoms with Gasteiger partial charge in [-0.05, 0) is 37.3 Å². The summed E-state index contributed by atoms with van der Waals surface area (Å²) in [6, 6.07) is 10.9. The number of nitrogens with one attached hydrogen (secondary N) is 2. The number of hydrogen-bond acceptors (Lipinski definition) is 7. The van der Waals surface area contributed by atoms with Gasteiger partial charge in [-0.25, -0.2) is 14.6 Å². The van der Waals surface area contributed by atoms with Crippen molar-refractivity contribution < 1.29 is 9.32 Å². The van der Waals surface area contributed by atoms with Crippen LogP contribution in [-0.4, -0.2) is 30.8 Å². The monoisotopic (exact) mass is 361 g/mol. The van der Waals surface area contributed by atoms with E-state index in [1.54, 1.807) is 42.2 Å². The van der Waals surface area contributed by atoms with Gasteiger partial charge in [0.1, 0.15) is 23.5 Å². The first-order valence-electron chi connectivity index (χ1n) is 8.11. The molecule has 3 heterocycles. The molecule has 0 aliphatic rings. The second kappa shape index (κ2) is 7.08. The highest BCUT2D eigenvalue weighted by Crippen LogP contribution is 2.19. The van der Waals surface area contributed by atoms with Crippen molar-refractivity contribution >= 4 is 23.1 Å². The van der Waals surface area contributed by atoms with Crippen LogP contribution >= 0.6 is 0 Å². The van der Waals surface area contributed by atoms with E-state index < -0.39 is 0 Å². The molecule has 1 amide bonds. The van der Waals surface area contributed by atoms with Crippen molar-refractivity contribution in [3.05, 3.63) is 72.6 Å². The average molecular weight is 361 g/mol. The van der Waals surface area contributed by atoms with Crippen LogP contribution in [0.25, 0.3) is 5.82 Å². The summed E-state index contributed by atoms with van der Waals surface area (Å²) < 4.78 is 6.56. The highest BCUT2D eigenvalue weighted by atomic mass is 16.5. The van der Waals surface area contributed by atoms with Crippen molar-refractivity contribution in [1.29, 1.82) is 0 Å². The van der Waals surface area contributed by atoms with Crippen molar-refractivity contribution in [1.82, 2.24) is 24.9 Å². The average Bonchev–Trinajstić information content (AvgIpc) is 3.35. The maximum atomic E-state index is 12.2. The van der Waals surface area contributed by atoms with Crippen LogP contribution in [0.3, 0.4) is 0 Å². The predicted octanol–water partition coefficient (Wildman–Crippen LogP) is 2.95. The molecule has 4 aromatic rings. The van der Waals surface area contributed by atoms with E-state index in [2.05, 4.69) is 30.9 Å². The maximum Gasteiger partial charge on any atom is 0.260 e.